The molecule has 0 spiro atoms. The average Bonchev–Trinajstić information content (AvgIpc) is 2.19. The fourth-order valence-corrected chi connectivity index (χ4v) is 1.44. The first-order valence-corrected chi connectivity index (χ1v) is 4.60. The first-order chi connectivity index (χ1) is 6.75. The van der Waals surface area contributed by atoms with Gasteiger partial charge in [0.15, 0.2) is 0 Å². The quantitative estimate of drug-likeness (QED) is 0.674. The molecule has 0 aromatic heterocycles. The van der Waals surface area contributed by atoms with Crippen LogP contribution in [0.25, 0.3) is 11.1 Å². The lowest BCUT2D eigenvalue weighted by Crippen LogP contribution is -1.84. The topological polar surface area (TPSA) is 26.0 Å². The molecule has 0 saturated heterocycles. The lowest BCUT2D eigenvalue weighted by molar-refractivity contribution is 1.45. The van der Waals surface area contributed by atoms with Gasteiger partial charge in [-0.1, -0.05) is 30.3 Å². The number of anilines is 1. The number of rotatable bonds is 1. The lowest BCUT2D eigenvalue weighted by atomic mass is 10.0. The maximum atomic E-state index is 5.63. The number of nitrogens with two attached hydrogens (primary N) is 1. The molecule has 0 aliphatic rings. The summed E-state index contributed by atoms with van der Waals surface area (Å²) in [5.41, 5.74) is 9.98. The smallest absolute Gasteiger partial charge is 0.0314 e. The van der Waals surface area contributed by atoms with Crippen molar-refractivity contribution in [3.63, 3.8) is 0 Å². The van der Waals surface area contributed by atoms with E-state index in [1.165, 1.54) is 11.1 Å². The molecule has 2 aromatic rings. The van der Waals surface area contributed by atoms with Crippen molar-refractivity contribution in [2.24, 2.45) is 0 Å². The molecule has 1 nitrogen and oxygen atoms in total. The molecule has 14 heavy (non-hydrogen) atoms. The molecular formula is C13H12N. The van der Waals surface area contributed by atoms with E-state index in [0.717, 1.165) is 11.3 Å². The van der Waals surface area contributed by atoms with Crippen molar-refractivity contribution in [3.8, 4) is 11.1 Å². The second-order valence-electron chi connectivity index (χ2n) is 3.38. The number of nitrogen functional groups attached to an aromatic ring is 1. The largest absolute Gasteiger partial charge is 0.399 e. The molecule has 0 aliphatic carbocycles. The van der Waals surface area contributed by atoms with Crippen LogP contribution < -0.4 is 5.73 Å². The van der Waals surface area contributed by atoms with Gasteiger partial charge < -0.3 is 5.73 Å². The van der Waals surface area contributed by atoms with Crippen LogP contribution in [-0.4, -0.2) is 0 Å². The predicted molar refractivity (Wildman–Crippen MR) is 59.9 cm³/mol. The Morgan fingerprint density at radius 1 is 1.00 bits per heavy atom. The summed E-state index contributed by atoms with van der Waals surface area (Å²) >= 11 is 0. The van der Waals surface area contributed by atoms with E-state index >= 15 is 0 Å². The first-order valence-electron chi connectivity index (χ1n) is 4.60. The fraction of sp³-hybridized carbons (Fsp3) is 0.0769. The zero-order valence-electron chi connectivity index (χ0n) is 8.12. The molecule has 2 rings (SSSR count). The molecule has 1 heteroatoms. The van der Waals surface area contributed by atoms with Crippen LogP contribution in [-0.2, 0) is 0 Å². The first kappa shape index (κ1) is 8.82. The Bertz CT molecular complexity index is 429. The highest BCUT2D eigenvalue weighted by Crippen LogP contribution is 2.20. The van der Waals surface area contributed by atoms with Crippen LogP contribution in [0.15, 0.2) is 42.5 Å². The summed E-state index contributed by atoms with van der Waals surface area (Å²) in [5, 5.41) is 0. The summed E-state index contributed by atoms with van der Waals surface area (Å²) in [7, 11) is 0. The Balaban J connectivity index is 2.44. The Kier molecular flexibility index (Phi) is 2.23. The molecule has 0 heterocycles. The normalized spacial score (nSPS) is 10.1. The molecular weight excluding hydrogens is 170 g/mol. The molecule has 0 unspecified atom stereocenters. The lowest BCUT2D eigenvalue weighted by Gasteiger charge is -2.02. The van der Waals surface area contributed by atoms with Crippen molar-refractivity contribution in [3.05, 3.63) is 54.1 Å². The van der Waals surface area contributed by atoms with E-state index in [-0.39, 0.29) is 0 Å². The summed E-state index contributed by atoms with van der Waals surface area (Å²) in [4.78, 5) is 0. The maximum absolute atomic E-state index is 5.63. The van der Waals surface area contributed by atoms with Crippen molar-refractivity contribution in [1.29, 1.82) is 0 Å². The number of benzene rings is 2. The molecule has 2 N–H and O–H groups in total. The van der Waals surface area contributed by atoms with Crippen LogP contribution in [0.3, 0.4) is 0 Å². The van der Waals surface area contributed by atoms with Gasteiger partial charge in [0.25, 0.3) is 0 Å². The minimum absolute atomic E-state index is 0.799. The van der Waals surface area contributed by atoms with E-state index in [1.54, 1.807) is 0 Å². The van der Waals surface area contributed by atoms with Gasteiger partial charge in [-0.15, -0.1) is 0 Å². The van der Waals surface area contributed by atoms with Gasteiger partial charge in [0.1, 0.15) is 0 Å². The molecule has 69 valence electrons. The van der Waals surface area contributed by atoms with Gasteiger partial charge >= 0.3 is 0 Å². The van der Waals surface area contributed by atoms with Crippen LogP contribution in [0.2, 0.25) is 0 Å². The minimum atomic E-state index is 0.799. The van der Waals surface area contributed by atoms with Crippen molar-refractivity contribution in [2.75, 3.05) is 5.73 Å². The highest BCUT2D eigenvalue weighted by atomic mass is 14.5. The molecule has 1 radical (unpaired) electrons. The maximum Gasteiger partial charge on any atom is 0.0314 e. The standard InChI is InChI=1S/C13H12N/c1-10-3-2-4-12(9-10)11-5-7-13(14)8-6-11/h2,4-9H,14H2,1H3. The van der Waals surface area contributed by atoms with Gasteiger partial charge in [-0.2, -0.15) is 0 Å². The molecule has 0 saturated carbocycles. The number of aryl methyl sites for hydroxylation is 1. The van der Waals surface area contributed by atoms with Gasteiger partial charge in [0.2, 0.25) is 0 Å². The second-order valence-corrected chi connectivity index (χ2v) is 3.38. The highest BCUT2D eigenvalue weighted by molar-refractivity contribution is 5.65. The van der Waals surface area contributed by atoms with Gasteiger partial charge in [-0.25, -0.2) is 0 Å². The highest BCUT2D eigenvalue weighted by Gasteiger charge is 1.96. The van der Waals surface area contributed by atoms with Crippen molar-refractivity contribution < 1.29 is 0 Å². The molecule has 0 fully saturated rings. The van der Waals surface area contributed by atoms with Crippen LogP contribution >= 0.6 is 0 Å². The third kappa shape index (κ3) is 1.77. The second kappa shape index (κ2) is 3.54. The summed E-state index contributed by atoms with van der Waals surface area (Å²) in [5.74, 6) is 0. The van der Waals surface area contributed by atoms with Crippen molar-refractivity contribution >= 4 is 5.69 Å². The summed E-state index contributed by atoms with van der Waals surface area (Å²) in [6.07, 6.45) is 0. The van der Waals surface area contributed by atoms with E-state index in [4.69, 9.17) is 5.73 Å². The Morgan fingerprint density at radius 2 is 1.71 bits per heavy atom. The SMILES string of the molecule is Cc1[c]ccc(-c2ccc(N)cc2)c1. The van der Waals surface area contributed by atoms with E-state index in [9.17, 15) is 0 Å². The Labute approximate surface area is 84.2 Å². The third-order valence-corrected chi connectivity index (χ3v) is 2.19. The van der Waals surface area contributed by atoms with E-state index < -0.39 is 0 Å². The Hall–Kier alpha value is -1.76. The molecule has 0 aliphatic heterocycles. The number of hydrogen-bond acceptors (Lipinski definition) is 1. The zero-order chi connectivity index (χ0) is 9.97. The number of hydrogen-bond donors (Lipinski definition) is 1. The van der Waals surface area contributed by atoms with Gasteiger partial charge in [-0.05, 0) is 41.8 Å². The van der Waals surface area contributed by atoms with Crippen molar-refractivity contribution in [2.45, 2.75) is 6.92 Å². The monoisotopic (exact) mass is 182 g/mol. The molecule has 0 atom stereocenters. The molecule has 0 bridgehead atoms. The van der Waals surface area contributed by atoms with E-state index in [2.05, 4.69) is 18.2 Å². The fourth-order valence-electron chi connectivity index (χ4n) is 1.44. The summed E-state index contributed by atoms with van der Waals surface area (Å²) in [6, 6.07) is 17.1. The summed E-state index contributed by atoms with van der Waals surface area (Å²) < 4.78 is 0. The Morgan fingerprint density at radius 3 is 2.36 bits per heavy atom. The van der Waals surface area contributed by atoms with Crippen LogP contribution in [0, 0.1) is 13.0 Å². The van der Waals surface area contributed by atoms with Crippen LogP contribution in [0.4, 0.5) is 5.69 Å². The average molecular weight is 182 g/mol. The van der Waals surface area contributed by atoms with Gasteiger partial charge in [0.05, 0.1) is 0 Å². The van der Waals surface area contributed by atoms with Gasteiger partial charge in [0, 0.05) is 5.69 Å². The molecule has 2 aromatic carbocycles. The van der Waals surface area contributed by atoms with Crippen molar-refractivity contribution in [1.82, 2.24) is 0 Å². The minimum Gasteiger partial charge on any atom is -0.399 e. The predicted octanol–water partition coefficient (Wildman–Crippen LogP) is 3.04. The summed E-state index contributed by atoms with van der Waals surface area (Å²) in [6.45, 7) is 2.04. The third-order valence-electron chi connectivity index (χ3n) is 2.19. The molecule has 0 amide bonds. The van der Waals surface area contributed by atoms with Crippen LogP contribution in [0.1, 0.15) is 5.56 Å². The van der Waals surface area contributed by atoms with Crippen LogP contribution in [0.5, 0.6) is 0 Å². The van der Waals surface area contributed by atoms with E-state index in [0.29, 0.717) is 0 Å². The zero-order valence-corrected chi connectivity index (χ0v) is 8.12. The van der Waals surface area contributed by atoms with Gasteiger partial charge in [-0.3, -0.25) is 0 Å². The van der Waals surface area contributed by atoms with E-state index in [1.807, 2.05) is 37.3 Å².